The number of carbonyl (C=O) groups is 1. The fraction of sp³-hybridized carbons (Fsp3) is 0.615. The molecular weight excluding hydrogens is 234 g/mol. The Morgan fingerprint density at radius 3 is 2.76 bits per heavy atom. The molecule has 0 spiro atoms. The van der Waals surface area contributed by atoms with Gasteiger partial charge in [0.15, 0.2) is 0 Å². The SMILES string of the molecule is CCOC(=O)c1sc(C2(C)CCCC2)cc1N. The lowest BCUT2D eigenvalue weighted by molar-refractivity contribution is 0.0533. The summed E-state index contributed by atoms with van der Waals surface area (Å²) in [4.78, 5) is 13.5. The third kappa shape index (κ3) is 2.32. The number of nitrogen functional groups attached to an aromatic ring is 1. The van der Waals surface area contributed by atoms with Gasteiger partial charge in [-0.05, 0) is 25.8 Å². The van der Waals surface area contributed by atoms with Crippen LogP contribution in [-0.4, -0.2) is 12.6 Å². The molecule has 0 atom stereocenters. The maximum atomic E-state index is 11.7. The first-order valence-corrected chi connectivity index (χ1v) is 6.95. The van der Waals surface area contributed by atoms with Crippen molar-refractivity contribution in [1.82, 2.24) is 0 Å². The van der Waals surface area contributed by atoms with Crippen LogP contribution in [0.3, 0.4) is 0 Å². The fourth-order valence-electron chi connectivity index (χ4n) is 2.46. The van der Waals surface area contributed by atoms with Crippen LogP contribution >= 0.6 is 11.3 Å². The van der Waals surface area contributed by atoms with Crippen LogP contribution in [0.5, 0.6) is 0 Å². The highest BCUT2D eigenvalue weighted by molar-refractivity contribution is 7.14. The fourth-order valence-corrected chi connectivity index (χ4v) is 3.64. The van der Waals surface area contributed by atoms with Crippen molar-refractivity contribution >= 4 is 23.0 Å². The molecule has 17 heavy (non-hydrogen) atoms. The van der Waals surface area contributed by atoms with Crippen molar-refractivity contribution in [3.63, 3.8) is 0 Å². The summed E-state index contributed by atoms with van der Waals surface area (Å²) in [5.41, 5.74) is 6.69. The van der Waals surface area contributed by atoms with Crippen LogP contribution in [0.25, 0.3) is 0 Å². The Hall–Kier alpha value is -1.03. The van der Waals surface area contributed by atoms with E-state index in [4.69, 9.17) is 10.5 Å². The number of esters is 1. The topological polar surface area (TPSA) is 52.3 Å². The van der Waals surface area contributed by atoms with E-state index in [0.717, 1.165) is 0 Å². The van der Waals surface area contributed by atoms with Gasteiger partial charge in [0.25, 0.3) is 0 Å². The highest BCUT2D eigenvalue weighted by Gasteiger charge is 2.33. The molecule has 0 radical (unpaired) electrons. The highest BCUT2D eigenvalue weighted by Crippen LogP contribution is 2.45. The second-order valence-corrected chi connectivity index (χ2v) is 5.94. The molecule has 0 unspecified atom stereocenters. The minimum Gasteiger partial charge on any atom is -0.462 e. The van der Waals surface area contributed by atoms with Gasteiger partial charge < -0.3 is 10.5 Å². The predicted octanol–water partition coefficient (Wildman–Crippen LogP) is 3.34. The molecule has 3 nitrogen and oxygen atoms in total. The molecule has 1 saturated carbocycles. The number of ether oxygens (including phenoxy) is 1. The lowest BCUT2D eigenvalue weighted by Crippen LogP contribution is -2.14. The molecule has 0 aliphatic heterocycles. The quantitative estimate of drug-likeness (QED) is 0.840. The van der Waals surface area contributed by atoms with Crippen molar-refractivity contribution < 1.29 is 9.53 Å². The van der Waals surface area contributed by atoms with Gasteiger partial charge in [-0.25, -0.2) is 4.79 Å². The maximum Gasteiger partial charge on any atom is 0.350 e. The first-order chi connectivity index (χ1) is 8.07. The molecule has 0 saturated heterocycles. The summed E-state index contributed by atoms with van der Waals surface area (Å²) in [5, 5.41) is 0. The average Bonchev–Trinajstić information content (AvgIpc) is 2.86. The van der Waals surface area contributed by atoms with E-state index in [1.807, 2.05) is 6.07 Å². The van der Waals surface area contributed by atoms with E-state index >= 15 is 0 Å². The third-order valence-corrected chi connectivity index (χ3v) is 4.96. The lowest BCUT2D eigenvalue weighted by atomic mass is 9.87. The van der Waals surface area contributed by atoms with E-state index in [1.54, 1.807) is 6.92 Å². The smallest absolute Gasteiger partial charge is 0.350 e. The average molecular weight is 253 g/mol. The molecule has 2 rings (SSSR count). The van der Waals surface area contributed by atoms with E-state index in [9.17, 15) is 4.79 Å². The molecule has 1 aliphatic carbocycles. The number of anilines is 1. The molecule has 1 aromatic rings. The Balaban J connectivity index is 2.27. The van der Waals surface area contributed by atoms with Crippen molar-refractivity contribution in [1.29, 1.82) is 0 Å². The third-order valence-electron chi connectivity index (χ3n) is 3.52. The van der Waals surface area contributed by atoms with Crippen LogP contribution in [0.1, 0.15) is 54.1 Å². The number of thiophene rings is 1. The molecule has 1 aromatic heterocycles. The van der Waals surface area contributed by atoms with E-state index in [1.165, 1.54) is 41.9 Å². The minimum absolute atomic E-state index is 0.212. The number of carbonyl (C=O) groups excluding carboxylic acids is 1. The summed E-state index contributed by atoms with van der Waals surface area (Å²) in [5.74, 6) is -0.289. The van der Waals surface area contributed by atoms with Gasteiger partial charge >= 0.3 is 5.97 Å². The molecule has 1 aliphatic rings. The standard InChI is InChI=1S/C13H19NO2S/c1-3-16-12(15)11-9(14)8-10(17-11)13(2)6-4-5-7-13/h8H,3-7,14H2,1-2H3. The molecule has 0 bridgehead atoms. The number of rotatable bonds is 3. The summed E-state index contributed by atoms with van der Waals surface area (Å²) in [7, 11) is 0. The summed E-state index contributed by atoms with van der Waals surface area (Å²) in [6.45, 7) is 4.46. The largest absolute Gasteiger partial charge is 0.462 e. The van der Waals surface area contributed by atoms with Crippen molar-refractivity contribution in [3.8, 4) is 0 Å². The lowest BCUT2D eigenvalue weighted by Gasteiger charge is -2.21. The zero-order valence-corrected chi connectivity index (χ0v) is 11.2. The van der Waals surface area contributed by atoms with Gasteiger partial charge in [0.2, 0.25) is 0 Å². The second kappa shape index (κ2) is 4.69. The summed E-state index contributed by atoms with van der Waals surface area (Å²) in [6.07, 6.45) is 4.91. The van der Waals surface area contributed by atoms with Gasteiger partial charge in [-0.3, -0.25) is 0 Å². The van der Waals surface area contributed by atoms with Crippen molar-refractivity contribution in [2.75, 3.05) is 12.3 Å². The zero-order chi connectivity index (χ0) is 12.5. The van der Waals surface area contributed by atoms with Crippen LogP contribution in [-0.2, 0) is 10.2 Å². The Kier molecular flexibility index (Phi) is 3.43. The number of hydrogen-bond donors (Lipinski definition) is 1. The van der Waals surface area contributed by atoms with Gasteiger partial charge in [-0.2, -0.15) is 0 Å². The van der Waals surface area contributed by atoms with Crippen LogP contribution in [0.2, 0.25) is 0 Å². The molecule has 4 heteroatoms. The Labute approximate surface area is 106 Å². The minimum atomic E-state index is -0.289. The molecule has 0 aromatic carbocycles. The predicted molar refractivity (Wildman–Crippen MR) is 70.5 cm³/mol. The molecular formula is C13H19NO2S. The van der Waals surface area contributed by atoms with Gasteiger partial charge in [-0.15, -0.1) is 11.3 Å². The maximum absolute atomic E-state index is 11.7. The first-order valence-electron chi connectivity index (χ1n) is 6.14. The molecule has 2 N–H and O–H groups in total. The Bertz CT molecular complexity index is 419. The van der Waals surface area contributed by atoms with Crippen molar-refractivity contribution in [2.24, 2.45) is 0 Å². The van der Waals surface area contributed by atoms with Crippen molar-refractivity contribution in [3.05, 3.63) is 15.8 Å². The summed E-state index contributed by atoms with van der Waals surface area (Å²) in [6, 6.07) is 1.96. The molecule has 1 fully saturated rings. The van der Waals surface area contributed by atoms with Gasteiger partial charge in [0.1, 0.15) is 4.88 Å². The molecule has 1 heterocycles. The second-order valence-electron chi connectivity index (χ2n) is 4.88. The number of hydrogen-bond acceptors (Lipinski definition) is 4. The summed E-state index contributed by atoms with van der Waals surface area (Å²) < 4.78 is 5.01. The van der Waals surface area contributed by atoms with Crippen LogP contribution in [0.4, 0.5) is 5.69 Å². The van der Waals surface area contributed by atoms with E-state index < -0.39 is 0 Å². The monoisotopic (exact) mass is 253 g/mol. The Morgan fingerprint density at radius 1 is 1.53 bits per heavy atom. The number of nitrogens with two attached hydrogens (primary N) is 1. The van der Waals surface area contributed by atoms with Gasteiger partial charge in [0, 0.05) is 10.3 Å². The Morgan fingerprint density at radius 2 is 2.18 bits per heavy atom. The normalized spacial score (nSPS) is 18.2. The van der Waals surface area contributed by atoms with Crippen LogP contribution in [0, 0.1) is 0 Å². The van der Waals surface area contributed by atoms with Gasteiger partial charge in [-0.1, -0.05) is 19.8 Å². The molecule has 0 amide bonds. The van der Waals surface area contributed by atoms with Crippen LogP contribution in [0.15, 0.2) is 6.07 Å². The highest BCUT2D eigenvalue weighted by atomic mass is 32.1. The molecule has 94 valence electrons. The van der Waals surface area contributed by atoms with Crippen LogP contribution < -0.4 is 5.73 Å². The van der Waals surface area contributed by atoms with E-state index in [2.05, 4.69) is 6.92 Å². The van der Waals surface area contributed by atoms with Gasteiger partial charge in [0.05, 0.1) is 12.3 Å². The first kappa shape index (κ1) is 12.4. The summed E-state index contributed by atoms with van der Waals surface area (Å²) >= 11 is 1.50. The van der Waals surface area contributed by atoms with Crippen molar-refractivity contribution in [2.45, 2.75) is 44.9 Å². The van der Waals surface area contributed by atoms with E-state index in [0.29, 0.717) is 17.2 Å². The van der Waals surface area contributed by atoms with E-state index in [-0.39, 0.29) is 11.4 Å². The zero-order valence-electron chi connectivity index (χ0n) is 10.4.